The highest BCUT2D eigenvalue weighted by Crippen LogP contribution is 2.25. The Hall–Kier alpha value is -1.16. The van der Waals surface area contributed by atoms with Crippen molar-refractivity contribution in [1.29, 1.82) is 0 Å². The van der Waals surface area contributed by atoms with Crippen LogP contribution in [0.25, 0.3) is 0 Å². The number of anilines is 1. The summed E-state index contributed by atoms with van der Waals surface area (Å²) in [5.41, 5.74) is 1.20. The zero-order valence-corrected chi connectivity index (χ0v) is 10.8. The van der Waals surface area contributed by atoms with E-state index in [1.807, 2.05) is 13.2 Å². The van der Waals surface area contributed by atoms with Crippen LogP contribution >= 0.6 is 0 Å². The molecule has 0 aromatic carbocycles. The van der Waals surface area contributed by atoms with E-state index in [1.54, 1.807) is 6.33 Å². The van der Waals surface area contributed by atoms with Gasteiger partial charge in [0.15, 0.2) is 0 Å². The molecule has 94 valence electrons. The highest BCUT2D eigenvalue weighted by molar-refractivity contribution is 5.45. The molecule has 0 spiro atoms. The Morgan fingerprint density at radius 2 is 2.18 bits per heavy atom. The molecule has 0 unspecified atom stereocenters. The second-order valence-electron chi connectivity index (χ2n) is 4.74. The highest BCUT2D eigenvalue weighted by Gasteiger charge is 2.20. The smallest absolute Gasteiger partial charge is 0.136 e. The summed E-state index contributed by atoms with van der Waals surface area (Å²) in [4.78, 5) is 11.0. The number of rotatable bonds is 4. The minimum Gasteiger partial charge on any atom is -0.356 e. The van der Waals surface area contributed by atoms with Crippen molar-refractivity contribution in [2.75, 3.05) is 25.0 Å². The zero-order chi connectivity index (χ0) is 12.1. The van der Waals surface area contributed by atoms with Crippen LogP contribution in [0.3, 0.4) is 0 Å². The Bertz CT molecular complexity index is 345. The average Bonchev–Trinajstić information content (AvgIpc) is 2.40. The third-order valence-corrected chi connectivity index (χ3v) is 3.62. The standard InChI is InChI=1S/C13H22N4/c1-3-11-4-6-17(7-5-11)13-12(8-14-2)9-15-10-16-13/h9-11,14H,3-8H2,1-2H3. The van der Waals surface area contributed by atoms with Crippen LogP contribution in [-0.2, 0) is 6.54 Å². The average molecular weight is 234 g/mol. The molecule has 0 aliphatic carbocycles. The summed E-state index contributed by atoms with van der Waals surface area (Å²) in [5.74, 6) is 2.02. The van der Waals surface area contributed by atoms with Crippen molar-refractivity contribution in [3.8, 4) is 0 Å². The summed E-state index contributed by atoms with van der Waals surface area (Å²) >= 11 is 0. The van der Waals surface area contributed by atoms with Gasteiger partial charge in [0.25, 0.3) is 0 Å². The number of hydrogen-bond donors (Lipinski definition) is 1. The first-order valence-corrected chi connectivity index (χ1v) is 6.53. The van der Waals surface area contributed by atoms with E-state index in [9.17, 15) is 0 Å². The first-order valence-electron chi connectivity index (χ1n) is 6.53. The molecule has 1 saturated heterocycles. The summed E-state index contributed by atoms with van der Waals surface area (Å²) in [5, 5.41) is 3.18. The van der Waals surface area contributed by atoms with Gasteiger partial charge in [-0.2, -0.15) is 0 Å². The minimum absolute atomic E-state index is 0.837. The van der Waals surface area contributed by atoms with Gasteiger partial charge in [-0.15, -0.1) is 0 Å². The predicted octanol–water partition coefficient (Wildman–Crippen LogP) is 1.82. The lowest BCUT2D eigenvalue weighted by molar-refractivity contribution is 0.393. The lowest BCUT2D eigenvalue weighted by atomic mass is 9.94. The number of hydrogen-bond acceptors (Lipinski definition) is 4. The Labute approximate surface area is 103 Å². The van der Waals surface area contributed by atoms with Crippen molar-refractivity contribution in [2.45, 2.75) is 32.7 Å². The maximum absolute atomic E-state index is 4.45. The van der Waals surface area contributed by atoms with Crippen LogP contribution in [0, 0.1) is 5.92 Å². The van der Waals surface area contributed by atoms with E-state index in [0.717, 1.165) is 31.4 Å². The van der Waals surface area contributed by atoms with E-state index in [4.69, 9.17) is 0 Å². The molecule has 2 heterocycles. The van der Waals surface area contributed by atoms with Crippen LogP contribution < -0.4 is 10.2 Å². The van der Waals surface area contributed by atoms with Gasteiger partial charge in [-0.3, -0.25) is 0 Å². The Kier molecular flexibility index (Phi) is 4.31. The largest absolute Gasteiger partial charge is 0.356 e. The van der Waals surface area contributed by atoms with E-state index in [-0.39, 0.29) is 0 Å². The number of nitrogens with zero attached hydrogens (tertiary/aromatic N) is 3. The molecule has 0 atom stereocenters. The molecule has 1 aliphatic heterocycles. The number of nitrogens with one attached hydrogen (secondary N) is 1. The second-order valence-corrected chi connectivity index (χ2v) is 4.74. The first kappa shape index (κ1) is 12.3. The van der Waals surface area contributed by atoms with E-state index in [2.05, 4.69) is 27.1 Å². The summed E-state index contributed by atoms with van der Waals surface area (Å²) in [6.07, 6.45) is 7.46. The van der Waals surface area contributed by atoms with E-state index >= 15 is 0 Å². The van der Waals surface area contributed by atoms with Crippen LogP contribution in [0.15, 0.2) is 12.5 Å². The van der Waals surface area contributed by atoms with E-state index in [0.29, 0.717) is 0 Å². The zero-order valence-electron chi connectivity index (χ0n) is 10.8. The van der Waals surface area contributed by atoms with E-state index < -0.39 is 0 Å². The number of aromatic nitrogens is 2. The van der Waals surface area contributed by atoms with Crippen molar-refractivity contribution in [2.24, 2.45) is 5.92 Å². The van der Waals surface area contributed by atoms with Gasteiger partial charge in [-0.25, -0.2) is 9.97 Å². The molecule has 1 aromatic rings. The fraction of sp³-hybridized carbons (Fsp3) is 0.692. The van der Waals surface area contributed by atoms with Gasteiger partial charge in [-0.05, 0) is 25.8 Å². The molecule has 0 bridgehead atoms. The van der Waals surface area contributed by atoms with Crippen molar-refractivity contribution in [3.05, 3.63) is 18.1 Å². The van der Waals surface area contributed by atoms with Gasteiger partial charge in [0.2, 0.25) is 0 Å². The predicted molar refractivity (Wildman–Crippen MR) is 70.0 cm³/mol. The number of piperidine rings is 1. The van der Waals surface area contributed by atoms with Gasteiger partial charge in [0.05, 0.1) is 0 Å². The van der Waals surface area contributed by atoms with Crippen LogP contribution in [-0.4, -0.2) is 30.1 Å². The molecule has 1 aromatic heterocycles. The van der Waals surface area contributed by atoms with Crippen molar-refractivity contribution >= 4 is 5.82 Å². The van der Waals surface area contributed by atoms with Crippen molar-refractivity contribution in [1.82, 2.24) is 15.3 Å². The summed E-state index contributed by atoms with van der Waals surface area (Å²) in [6.45, 7) is 5.39. The highest BCUT2D eigenvalue weighted by atomic mass is 15.2. The van der Waals surface area contributed by atoms with Crippen LogP contribution in [0.2, 0.25) is 0 Å². The van der Waals surface area contributed by atoms with Gasteiger partial charge >= 0.3 is 0 Å². The third kappa shape index (κ3) is 2.94. The molecule has 1 aliphatic rings. The Morgan fingerprint density at radius 1 is 1.41 bits per heavy atom. The molecule has 2 rings (SSSR count). The third-order valence-electron chi connectivity index (χ3n) is 3.62. The molecule has 4 nitrogen and oxygen atoms in total. The van der Waals surface area contributed by atoms with Crippen LogP contribution in [0.5, 0.6) is 0 Å². The molecule has 0 amide bonds. The lowest BCUT2D eigenvalue weighted by Crippen LogP contribution is -2.35. The molecule has 4 heteroatoms. The second kappa shape index (κ2) is 5.96. The van der Waals surface area contributed by atoms with Gasteiger partial charge < -0.3 is 10.2 Å². The fourth-order valence-corrected chi connectivity index (χ4v) is 2.50. The Balaban J connectivity index is 2.07. The molecule has 0 radical (unpaired) electrons. The normalized spacial score (nSPS) is 17.4. The summed E-state index contributed by atoms with van der Waals surface area (Å²) in [7, 11) is 1.96. The van der Waals surface area contributed by atoms with Crippen molar-refractivity contribution in [3.63, 3.8) is 0 Å². The monoisotopic (exact) mass is 234 g/mol. The summed E-state index contributed by atoms with van der Waals surface area (Å²) in [6, 6.07) is 0. The maximum Gasteiger partial charge on any atom is 0.136 e. The van der Waals surface area contributed by atoms with Crippen molar-refractivity contribution < 1.29 is 0 Å². The quantitative estimate of drug-likeness (QED) is 0.863. The SMILES string of the molecule is CCC1CCN(c2ncncc2CNC)CC1. The topological polar surface area (TPSA) is 41.1 Å². The molecule has 1 N–H and O–H groups in total. The lowest BCUT2D eigenvalue weighted by Gasteiger charge is -2.33. The summed E-state index contributed by atoms with van der Waals surface area (Å²) < 4.78 is 0. The fourth-order valence-electron chi connectivity index (χ4n) is 2.50. The van der Waals surface area contributed by atoms with E-state index in [1.165, 1.54) is 24.8 Å². The van der Waals surface area contributed by atoms with Gasteiger partial charge in [-0.1, -0.05) is 13.3 Å². The molecular weight excluding hydrogens is 212 g/mol. The molecule has 1 fully saturated rings. The maximum atomic E-state index is 4.45. The molecule has 0 saturated carbocycles. The molecular formula is C13H22N4. The van der Waals surface area contributed by atoms with Gasteiger partial charge in [0, 0.05) is 31.4 Å². The van der Waals surface area contributed by atoms with Crippen LogP contribution in [0.4, 0.5) is 5.82 Å². The molecule has 17 heavy (non-hydrogen) atoms. The van der Waals surface area contributed by atoms with Gasteiger partial charge in [0.1, 0.15) is 12.1 Å². The first-order chi connectivity index (χ1) is 8.35. The van der Waals surface area contributed by atoms with Crippen LogP contribution in [0.1, 0.15) is 31.7 Å². The minimum atomic E-state index is 0.837. The Morgan fingerprint density at radius 3 is 2.82 bits per heavy atom.